The number of methoxy groups -OCH3 is 1. The molecule has 0 saturated heterocycles. The first-order chi connectivity index (χ1) is 8.60. The predicted octanol–water partition coefficient (Wildman–Crippen LogP) is 2.07. The molecule has 0 fully saturated rings. The summed E-state index contributed by atoms with van der Waals surface area (Å²) >= 11 is 0. The van der Waals surface area contributed by atoms with Crippen molar-refractivity contribution in [3.8, 4) is 11.5 Å². The molecule has 0 amide bonds. The third kappa shape index (κ3) is 1.77. The monoisotopic (exact) mass is 249 g/mol. The lowest BCUT2D eigenvalue weighted by atomic mass is 10.2. The van der Waals surface area contributed by atoms with Gasteiger partial charge in [-0.1, -0.05) is 0 Å². The lowest BCUT2D eigenvalue weighted by Gasteiger charge is -2.03. The second-order valence-electron chi connectivity index (χ2n) is 3.86. The van der Waals surface area contributed by atoms with E-state index in [1.807, 2.05) is 0 Å². The minimum atomic E-state index is -0.535. The minimum absolute atomic E-state index is 0.0788. The van der Waals surface area contributed by atoms with Crippen LogP contribution >= 0.6 is 0 Å². The summed E-state index contributed by atoms with van der Waals surface area (Å²) < 4.78 is 11.6. The molecule has 1 N–H and O–H groups in total. The lowest BCUT2D eigenvalue weighted by Crippen LogP contribution is -2.09. The Kier molecular flexibility index (Phi) is 3.14. The zero-order valence-corrected chi connectivity index (χ0v) is 10.6. The van der Waals surface area contributed by atoms with Crippen LogP contribution in [0.3, 0.4) is 0 Å². The molecule has 0 aliphatic rings. The molecule has 0 aliphatic heterocycles. The van der Waals surface area contributed by atoms with Gasteiger partial charge in [0, 0.05) is 12.4 Å². The molecule has 5 heteroatoms. The van der Waals surface area contributed by atoms with Crippen LogP contribution < -0.4 is 4.74 Å². The molecule has 18 heavy (non-hydrogen) atoms. The first-order valence-corrected chi connectivity index (χ1v) is 5.62. The highest BCUT2D eigenvalue weighted by Crippen LogP contribution is 2.34. The van der Waals surface area contributed by atoms with Gasteiger partial charge in [-0.3, -0.25) is 0 Å². The fourth-order valence-corrected chi connectivity index (χ4v) is 1.96. The number of nitrogens with zero attached hydrogens (tertiary/aromatic N) is 1. The lowest BCUT2D eigenvalue weighted by molar-refractivity contribution is 0.0512. The average molecular weight is 249 g/mol. The van der Waals surface area contributed by atoms with E-state index >= 15 is 0 Å². The number of aromatic hydroxyl groups is 1. The Hall–Kier alpha value is -2.17. The minimum Gasteiger partial charge on any atom is -0.505 e. The van der Waals surface area contributed by atoms with Crippen LogP contribution in [0.1, 0.15) is 17.4 Å². The number of fused-ring (bicyclic) bond motifs is 1. The SMILES string of the molecule is CCOC(=O)c1c(O)c2cc(OC)ccc2n1C. The smallest absolute Gasteiger partial charge is 0.358 e. The van der Waals surface area contributed by atoms with Crippen LogP contribution in [0.4, 0.5) is 0 Å². The molecule has 0 aliphatic carbocycles. The number of carbonyl (C=O) groups is 1. The number of hydrogen-bond acceptors (Lipinski definition) is 4. The molecule has 96 valence electrons. The highest BCUT2D eigenvalue weighted by molar-refractivity contribution is 6.01. The Bertz CT molecular complexity index is 601. The molecule has 0 unspecified atom stereocenters. The van der Waals surface area contributed by atoms with Crippen molar-refractivity contribution in [2.45, 2.75) is 6.92 Å². The Labute approximate surface area is 105 Å². The number of aryl methyl sites for hydroxylation is 1. The summed E-state index contributed by atoms with van der Waals surface area (Å²) in [7, 11) is 3.26. The maximum atomic E-state index is 11.8. The van der Waals surface area contributed by atoms with Gasteiger partial charge in [0.2, 0.25) is 0 Å². The zero-order chi connectivity index (χ0) is 13.3. The van der Waals surface area contributed by atoms with Crippen LogP contribution in [0.2, 0.25) is 0 Å². The molecule has 2 rings (SSSR count). The average Bonchev–Trinajstić information content (AvgIpc) is 2.62. The van der Waals surface area contributed by atoms with Crippen LogP contribution in [0, 0.1) is 0 Å². The summed E-state index contributed by atoms with van der Waals surface area (Å²) in [5.74, 6) is 0.0105. The largest absolute Gasteiger partial charge is 0.505 e. The Morgan fingerprint density at radius 3 is 2.78 bits per heavy atom. The van der Waals surface area contributed by atoms with Crippen molar-refractivity contribution in [1.29, 1.82) is 0 Å². The third-order valence-corrected chi connectivity index (χ3v) is 2.85. The number of esters is 1. The van der Waals surface area contributed by atoms with E-state index in [1.165, 1.54) is 0 Å². The van der Waals surface area contributed by atoms with E-state index in [0.29, 0.717) is 11.1 Å². The highest BCUT2D eigenvalue weighted by atomic mass is 16.5. The third-order valence-electron chi connectivity index (χ3n) is 2.85. The van der Waals surface area contributed by atoms with Crippen LogP contribution in [0.15, 0.2) is 18.2 Å². The first-order valence-electron chi connectivity index (χ1n) is 5.62. The normalized spacial score (nSPS) is 10.6. The Morgan fingerprint density at radius 2 is 2.17 bits per heavy atom. The second-order valence-corrected chi connectivity index (χ2v) is 3.86. The molecule has 0 radical (unpaired) electrons. The first kappa shape index (κ1) is 12.3. The Balaban J connectivity index is 2.65. The van der Waals surface area contributed by atoms with Gasteiger partial charge in [0.25, 0.3) is 0 Å². The number of ether oxygens (including phenoxy) is 2. The van der Waals surface area contributed by atoms with Gasteiger partial charge in [-0.2, -0.15) is 0 Å². The van der Waals surface area contributed by atoms with Crippen molar-refractivity contribution in [3.63, 3.8) is 0 Å². The number of rotatable bonds is 3. The molecule has 0 bridgehead atoms. The fraction of sp³-hybridized carbons (Fsp3) is 0.308. The number of aromatic nitrogens is 1. The number of hydrogen-bond donors (Lipinski definition) is 1. The quantitative estimate of drug-likeness (QED) is 0.846. The van der Waals surface area contributed by atoms with Gasteiger partial charge < -0.3 is 19.1 Å². The van der Waals surface area contributed by atoms with E-state index < -0.39 is 5.97 Å². The molecule has 1 aromatic heterocycles. The van der Waals surface area contributed by atoms with Crippen LogP contribution in [-0.2, 0) is 11.8 Å². The molecular weight excluding hydrogens is 234 g/mol. The van der Waals surface area contributed by atoms with Gasteiger partial charge in [-0.05, 0) is 25.1 Å². The van der Waals surface area contributed by atoms with Gasteiger partial charge in [0.1, 0.15) is 5.75 Å². The van der Waals surface area contributed by atoms with E-state index in [1.54, 1.807) is 43.8 Å². The summed E-state index contributed by atoms with van der Waals surface area (Å²) in [5, 5.41) is 10.7. The van der Waals surface area contributed by atoms with Crippen molar-refractivity contribution in [2.24, 2.45) is 7.05 Å². The standard InChI is InChI=1S/C13H15NO4/c1-4-18-13(16)11-12(15)9-7-8(17-3)5-6-10(9)14(11)2/h5-7,15H,4H2,1-3H3. The Morgan fingerprint density at radius 1 is 1.44 bits per heavy atom. The van der Waals surface area contributed by atoms with Crippen molar-refractivity contribution < 1.29 is 19.4 Å². The van der Waals surface area contributed by atoms with Gasteiger partial charge in [0.15, 0.2) is 11.4 Å². The van der Waals surface area contributed by atoms with Crippen molar-refractivity contribution >= 4 is 16.9 Å². The highest BCUT2D eigenvalue weighted by Gasteiger charge is 2.22. The molecule has 0 spiro atoms. The topological polar surface area (TPSA) is 60.7 Å². The molecular formula is C13H15NO4. The fourth-order valence-electron chi connectivity index (χ4n) is 1.96. The summed E-state index contributed by atoms with van der Waals surface area (Å²) in [5.41, 5.74) is 0.899. The summed E-state index contributed by atoms with van der Waals surface area (Å²) in [6, 6.07) is 5.25. The molecule has 2 aromatic rings. The predicted molar refractivity (Wildman–Crippen MR) is 67.1 cm³/mol. The van der Waals surface area contributed by atoms with E-state index in [4.69, 9.17) is 9.47 Å². The summed E-state index contributed by atoms with van der Waals surface area (Å²) in [6.07, 6.45) is 0. The van der Waals surface area contributed by atoms with Crippen LogP contribution in [-0.4, -0.2) is 29.4 Å². The number of carbonyl (C=O) groups excluding carboxylic acids is 1. The van der Waals surface area contributed by atoms with Crippen molar-refractivity contribution in [3.05, 3.63) is 23.9 Å². The van der Waals surface area contributed by atoms with Crippen molar-refractivity contribution in [2.75, 3.05) is 13.7 Å². The van der Waals surface area contributed by atoms with E-state index in [9.17, 15) is 9.90 Å². The second kappa shape index (κ2) is 4.60. The van der Waals surface area contributed by atoms with Gasteiger partial charge in [-0.25, -0.2) is 4.79 Å². The van der Waals surface area contributed by atoms with E-state index in [2.05, 4.69) is 0 Å². The van der Waals surface area contributed by atoms with Crippen LogP contribution in [0.25, 0.3) is 10.9 Å². The molecule has 0 atom stereocenters. The van der Waals surface area contributed by atoms with E-state index in [-0.39, 0.29) is 18.1 Å². The number of benzene rings is 1. The zero-order valence-electron chi connectivity index (χ0n) is 10.6. The van der Waals surface area contributed by atoms with Gasteiger partial charge in [-0.15, -0.1) is 0 Å². The maximum absolute atomic E-state index is 11.8. The molecule has 1 aromatic carbocycles. The molecule has 0 saturated carbocycles. The summed E-state index contributed by atoms with van der Waals surface area (Å²) in [4.78, 5) is 11.8. The molecule has 1 heterocycles. The van der Waals surface area contributed by atoms with Gasteiger partial charge in [0.05, 0.1) is 19.2 Å². The van der Waals surface area contributed by atoms with E-state index in [0.717, 1.165) is 5.52 Å². The van der Waals surface area contributed by atoms with Crippen LogP contribution in [0.5, 0.6) is 11.5 Å². The maximum Gasteiger partial charge on any atom is 0.358 e. The molecule has 5 nitrogen and oxygen atoms in total. The summed E-state index contributed by atoms with van der Waals surface area (Å²) in [6.45, 7) is 1.99. The van der Waals surface area contributed by atoms with Gasteiger partial charge >= 0.3 is 5.97 Å². The van der Waals surface area contributed by atoms with Crippen molar-refractivity contribution in [1.82, 2.24) is 4.57 Å².